The molecule has 0 spiro atoms. The van der Waals surface area contributed by atoms with Gasteiger partial charge in [-0.15, -0.1) is 0 Å². The summed E-state index contributed by atoms with van der Waals surface area (Å²) in [6, 6.07) is 5.28. The number of hydrogen-bond acceptors (Lipinski definition) is 5. The average molecular weight is 282 g/mol. The van der Waals surface area contributed by atoms with Crippen LogP contribution < -0.4 is 20.5 Å². The average Bonchev–Trinajstić information content (AvgIpc) is 2.44. The molecule has 1 amide bonds. The van der Waals surface area contributed by atoms with Gasteiger partial charge in [0.25, 0.3) is 5.91 Å². The first kappa shape index (κ1) is 16.3. The minimum atomic E-state index is -0.208. The first-order valence-corrected chi connectivity index (χ1v) is 6.38. The highest BCUT2D eigenvalue weighted by Crippen LogP contribution is 2.24. The molecule has 1 aromatic carbocycles. The van der Waals surface area contributed by atoms with Crippen molar-refractivity contribution in [2.75, 3.05) is 27.4 Å². The lowest BCUT2D eigenvalue weighted by molar-refractivity contribution is -0.124. The Morgan fingerprint density at radius 2 is 2.15 bits per heavy atom. The minimum absolute atomic E-state index is 0.0598. The maximum Gasteiger partial charge on any atom is 0.258 e. The van der Waals surface area contributed by atoms with Gasteiger partial charge in [0, 0.05) is 31.3 Å². The van der Waals surface area contributed by atoms with E-state index in [2.05, 4.69) is 5.32 Å². The van der Waals surface area contributed by atoms with Gasteiger partial charge in [0.15, 0.2) is 6.61 Å². The third-order valence-corrected chi connectivity index (χ3v) is 2.68. The molecule has 0 aliphatic heterocycles. The van der Waals surface area contributed by atoms with Crippen molar-refractivity contribution in [3.8, 4) is 11.5 Å². The predicted octanol–water partition coefficient (Wildman–Crippen LogP) is 0.684. The molecule has 0 radical (unpaired) electrons. The molecule has 0 heterocycles. The quantitative estimate of drug-likeness (QED) is 0.733. The number of hydrogen-bond donors (Lipinski definition) is 2. The van der Waals surface area contributed by atoms with Crippen molar-refractivity contribution >= 4 is 5.91 Å². The summed E-state index contributed by atoms with van der Waals surface area (Å²) in [5, 5.41) is 2.77. The van der Waals surface area contributed by atoms with Crippen molar-refractivity contribution in [2.24, 2.45) is 5.73 Å². The van der Waals surface area contributed by atoms with Crippen LogP contribution in [0.25, 0.3) is 0 Å². The lowest BCUT2D eigenvalue weighted by Crippen LogP contribution is -2.38. The summed E-state index contributed by atoms with van der Waals surface area (Å²) < 4.78 is 15.6. The number of benzene rings is 1. The number of carbonyl (C=O) groups excluding carboxylic acids is 1. The van der Waals surface area contributed by atoms with Gasteiger partial charge < -0.3 is 25.3 Å². The summed E-state index contributed by atoms with van der Waals surface area (Å²) in [5.74, 6) is 1.01. The topological polar surface area (TPSA) is 82.8 Å². The second kappa shape index (κ2) is 8.39. The Hall–Kier alpha value is -1.79. The van der Waals surface area contributed by atoms with E-state index in [0.717, 1.165) is 5.56 Å². The Morgan fingerprint density at radius 1 is 1.40 bits per heavy atom. The number of rotatable bonds is 8. The summed E-state index contributed by atoms with van der Waals surface area (Å²) in [6.07, 6.45) is 0. The van der Waals surface area contributed by atoms with E-state index < -0.39 is 0 Å². The highest BCUT2D eigenvalue weighted by atomic mass is 16.5. The molecule has 0 bridgehead atoms. The van der Waals surface area contributed by atoms with E-state index in [9.17, 15) is 4.79 Å². The standard InChI is InChI=1S/C14H22N2O4/c1-10(8-18-2)16-14(17)9-20-13-6-12(19-3)5-4-11(13)7-15/h4-6,10H,7-9,15H2,1-3H3,(H,16,17). The van der Waals surface area contributed by atoms with Crippen molar-refractivity contribution in [3.05, 3.63) is 23.8 Å². The molecule has 3 N–H and O–H groups in total. The van der Waals surface area contributed by atoms with E-state index in [-0.39, 0.29) is 18.6 Å². The lowest BCUT2D eigenvalue weighted by atomic mass is 10.2. The number of methoxy groups -OCH3 is 2. The molecule has 0 aliphatic carbocycles. The molecule has 0 fully saturated rings. The van der Waals surface area contributed by atoms with Crippen molar-refractivity contribution < 1.29 is 19.0 Å². The van der Waals surface area contributed by atoms with Gasteiger partial charge in [-0.3, -0.25) is 4.79 Å². The Kier molecular flexibility index (Phi) is 6.83. The second-order valence-electron chi connectivity index (χ2n) is 4.39. The maximum atomic E-state index is 11.7. The monoisotopic (exact) mass is 282 g/mol. The van der Waals surface area contributed by atoms with Crippen LogP contribution >= 0.6 is 0 Å². The predicted molar refractivity (Wildman–Crippen MR) is 75.9 cm³/mol. The molecule has 0 saturated heterocycles. The highest BCUT2D eigenvalue weighted by Gasteiger charge is 2.10. The van der Waals surface area contributed by atoms with E-state index in [1.54, 1.807) is 26.4 Å². The Bertz CT molecular complexity index is 437. The lowest BCUT2D eigenvalue weighted by Gasteiger charge is -2.15. The van der Waals surface area contributed by atoms with Crippen LogP contribution in [0.4, 0.5) is 0 Å². The van der Waals surface area contributed by atoms with Crippen molar-refractivity contribution in [3.63, 3.8) is 0 Å². The maximum absolute atomic E-state index is 11.7. The largest absolute Gasteiger partial charge is 0.497 e. The van der Waals surface area contributed by atoms with Crippen LogP contribution in [0.3, 0.4) is 0 Å². The molecule has 1 unspecified atom stereocenters. The minimum Gasteiger partial charge on any atom is -0.497 e. The summed E-state index contributed by atoms with van der Waals surface area (Å²) >= 11 is 0. The Balaban J connectivity index is 2.57. The molecule has 0 aromatic heterocycles. The van der Waals surface area contributed by atoms with Crippen molar-refractivity contribution in [1.29, 1.82) is 0 Å². The van der Waals surface area contributed by atoms with Gasteiger partial charge in [0.2, 0.25) is 0 Å². The third kappa shape index (κ3) is 5.07. The van der Waals surface area contributed by atoms with Crippen LogP contribution in [0.15, 0.2) is 18.2 Å². The molecular weight excluding hydrogens is 260 g/mol. The van der Waals surface area contributed by atoms with E-state index in [4.69, 9.17) is 19.9 Å². The third-order valence-electron chi connectivity index (χ3n) is 2.68. The second-order valence-corrected chi connectivity index (χ2v) is 4.39. The first-order chi connectivity index (χ1) is 9.60. The van der Waals surface area contributed by atoms with Gasteiger partial charge in [0.05, 0.1) is 13.7 Å². The van der Waals surface area contributed by atoms with E-state index in [0.29, 0.717) is 24.7 Å². The smallest absolute Gasteiger partial charge is 0.258 e. The van der Waals surface area contributed by atoms with E-state index >= 15 is 0 Å². The first-order valence-electron chi connectivity index (χ1n) is 6.38. The zero-order valence-electron chi connectivity index (χ0n) is 12.1. The number of nitrogens with two attached hydrogens (primary N) is 1. The van der Waals surface area contributed by atoms with Gasteiger partial charge >= 0.3 is 0 Å². The van der Waals surface area contributed by atoms with Gasteiger partial charge in [-0.2, -0.15) is 0 Å². The van der Waals surface area contributed by atoms with Crippen LogP contribution in [-0.4, -0.2) is 39.4 Å². The Labute approximate surface area is 119 Å². The van der Waals surface area contributed by atoms with Crippen molar-refractivity contribution in [2.45, 2.75) is 19.5 Å². The SMILES string of the molecule is COCC(C)NC(=O)COc1cc(OC)ccc1CN. The molecule has 1 atom stereocenters. The molecule has 1 rings (SSSR count). The normalized spacial score (nSPS) is 11.8. The van der Waals surface area contributed by atoms with Crippen LogP contribution in [0, 0.1) is 0 Å². The van der Waals surface area contributed by atoms with E-state index in [1.807, 2.05) is 13.0 Å². The highest BCUT2D eigenvalue weighted by molar-refractivity contribution is 5.77. The number of amides is 1. The molecule has 6 nitrogen and oxygen atoms in total. The van der Waals surface area contributed by atoms with E-state index in [1.165, 1.54) is 0 Å². The van der Waals surface area contributed by atoms with Gasteiger partial charge in [0.1, 0.15) is 11.5 Å². The fourth-order valence-corrected chi connectivity index (χ4v) is 1.72. The van der Waals surface area contributed by atoms with Crippen LogP contribution in [0.1, 0.15) is 12.5 Å². The van der Waals surface area contributed by atoms with Gasteiger partial charge in [-0.25, -0.2) is 0 Å². The number of nitrogens with one attached hydrogen (secondary N) is 1. The fourth-order valence-electron chi connectivity index (χ4n) is 1.72. The molecular formula is C14H22N2O4. The Morgan fingerprint density at radius 3 is 2.75 bits per heavy atom. The molecule has 112 valence electrons. The zero-order valence-corrected chi connectivity index (χ0v) is 12.1. The number of ether oxygens (including phenoxy) is 3. The van der Waals surface area contributed by atoms with Gasteiger partial charge in [-0.05, 0) is 13.0 Å². The number of carbonyl (C=O) groups is 1. The molecule has 0 saturated carbocycles. The summed E-state index contributed by atoms with van der Waals surface area (Å²) in [7, 11) is 3.16. The summed E-state index contributed by atoms with van der Waals surface area (Å²) in [6.45, 7) is 2.58. The summed E-state index contributed by atoms with van der Waals surface area (Å²) in [4.78, 5) is 11.7. The molecule has 6 heteroatoms. The molecule has 1 aromatic rings. The van der Waals surface area contributed by atoms with Crippen LogP contribution in [0.5, 0.6) is 11.5 Å². The zero-order chi connectivity index (χ0) is 15.0. The molecule has 20 heavy (non-hydrogen) atoms. The van der Waals surface area contributed by atoms with Gasteiger partial charge in [-0.1, -0.05) is 6.07 Å². The summed E-state index contributed by atoms with van der Waals surface area (Å²) in [5.41, 5.74) is 6.45. The van der Waals surface area contributed by atoms with Crippen molar-refractivity contribution in [1.82, 2.24) is 5.32 Å². The van der Waals surface area contributed by atoms with Crippen LogP contribution in [-0.2, 0) is 16.1 Å². The van der Waals surface area contributed by atoms with Crippen LogP contribution in [0.2, 0.25) is 0 Å². The molecule has 0 aliphatic rings. The fraction of sp³-hybridized carbons (Fsp3) is 0.500.